The number of rotatable bonds is 9. The van der Waals surface area contributed by atoms with E-state index in [0.29, 0.717) is 20.9 Å². The van der Waals surface area contributed by atoms with Crippen LogP contribution in [-0.4, -0.2) is 33.5 Å². The summed E-state index contributed by atoms with van der Waals surface area (Å²) in [6.45, 7) is 2.90. The number of carbonyl (C=O) groups is 1. The molecular formula is C21H22Cl2N4O2S. The second-order valence-corrected chi connectivity index (χ2v) is 8.29. The highest BCUT2D eigenvalue weighted by molar-refractivity contribution is 7.99. The molecular weight excluding hydrogens is 443 g/mol. The van der Waals surface area contributed by atoms with E-state index in [2.05, 4.69) is 27.0 Å². The first-order valence-corrected chi connectivity index (χ1v) is 11.2. The van der Waals surface area contributed by atoms with Crippen molar-refractivity contribution in [3.05, 3.63) is 52.5 Å². The Morgan fingerprint density at radius 2 is 1.93 bits per heavy atom. The van der Waals surface area contributed by atoms with Crippen LogP contribution in [0.4, 0.5) is 5.69 Å². The topological polar surface area (TPSA) is 69.0 Å². The molecule has 0 saturated heterocycles. The second-order valence-electron chi connectivity index (χ2n) is 6.50. The van der Waals surface area contributed by atoms with Crippen molar-refractivity contribution in [2.45, 2.75) is 31.5 Å². The molecule has 0 aliphatic heterocycles. The second kappa shape index (κ2) is 10.7. The van der Waals surface area contributed by atoms with Gasteiger partial charge in [0.2, 0.25) is 5.91 Å². The van der Waals surface area contributed by atoms with Crippen LogP contribution in [0.3, 0.4) is 0 Å². The van der Waals surface area contributed by atoms with Gasteiger partial charge in [-0.2, -0.15) is 0 Å². The number of nitrogens with one attached hydrogen (secondary N) is 1. The van der Waals surface area contributed by atoms with Gasteiger partial charge in [-0.25, -0.2) is 0 Å². The molecule has 0 spiro atoms. The minimum atomic E-state index is -0.194. The lowest BCUT2D eigenvalue weighted by Gasteiger charge is -2.11. The normalized spacial score (nSPS) is 10.8. The number of amides is 1. The van der Waals surface area contributed by atoms with Crippen LogP contribution in [0, 0.1) is 0 Å². The number of aromatic nitrogens is 3. The summed E-state index contributed by atoms with van der Waals surface area (Å²) in [5, 5.41) is 13.1. The van der Waals surface area contributed by atoms with Crippen molar-refractivity contribution in [1.82, 2.24) is 14.8 Å². The molecule has 9 heteroatoms. The number of benzene rings is 2. The van der Waals surface area contributed by atoms with Crippen molar-refractivity contribution in [3.63, 3.8) is 0 Å². The number of ether oxygens (including phenoxy) is 1. The number of halogens is 2. The van der Waals surface area contributed by atoms with E-state index in [4.69, 9.17) is 27.9 Å². The summed E-state index contributed by atoms with van der Waals surface area (Å²) in [6, 6.07) is 12.6. The lowest BCUT2D eigenvalue weighted by molar-refractivity contribution is -0.113. The third-order valence-corrected chi connectivity index (χ3v) is 5.87. The number of hydrogen-bond donors (Lipinski definition) is 1. The number of carbonyl (C=O) groups excluding carboxylic acids is 1. The minimum absolute atomic E-state index is 0.176. The van der Waals surface area contributed by atoms with Gasteiger partial charge in [-0.3, -0.25) is 4.79 Å². The first-order valence-electron chi connectivity index (χ1n) is 9.47. The predicted molar refractivity (Wildman–Crippen MR) is 123 cm³/mol. The molecule has 1 heterocycles. The van der Waals surface area contributed by atoms with E-state index in [0.717, 1.165) is 36.5 Å². The lowest BCUT2D eigenvalue weighted by Crippen LogP contribution is -2.15. The Balaban J connectivity index is 1.73. The van der Waals surface area contributed by atoms with Crippen molar-refractivity contribution in [3.8, 4) is 17.1 Å². The number of hydrogen-bond acceptors (Lipinski definition) is 5. The number of anilines is 1. The summed E-state index contributed by atoms with van der Waals surface area (Å²) >= 11 is 13.4. The van der Waals surface area contributed by atoms with Gasteiger partial charge in [-0.05, 0) is 48.9 Å². The summed E-state index contributed by atoms with van der Waals surface area (Å²) in [6.07, 6.45) is 2.02. The fourth-order valence-electron chi connectivity index (χ4n) is 2.78. The Labute approximate surface area is 189 Å². The molecule has 158 valence electrons. The van der Waals surface area contributed by atoms with Crippen LogP contribution < -0.4 is 10.1 Å². The monoisotopic (exact) mass is 464 g/mol. The highest BCUT2D eigenvalue weighted by Crippen LogP contribution is 2.28. The van der Waals surface area contributed by atoms with Gasteiger partial charge in [0, 0.05) is 17.1 Å². The number of methoxy groups -OCH3 is 1. The van der Waals surface area contributed by atoms with E-state index in [9.17, 15) is 4.79 Å². The molecule has 0 radical (unpaired) electrons. The third kappa shape index (κ3) is 5.68. The summed E-state index contributed by atoms with van der Waals surface area (Å²) < 4.78 is 7.28. The summed E-state index contributed by atoms with van der Waals surface area (Å²) in [4.78, 5) is 12.4. The van der Waals surface area contributed by atoms with Crippen molar-refractivity contribution in [2.75, 3.05) is 18.2 Å². The van der Waals surface area contributed by atoms with Gasteiger partial charge in [0.05, 0.1) is 23.6 Å². The Morgan fingerprint density at radius 3 is 2.63 bits per heavy atom. The van der Waals surface area contributed by atoms with Crippen LogP contribution in [0.2, 0.25) is 10.0 Å². The molecule has 0 bridgehead atoms. The molecule has 0 unspecified atom stereocenters. The molecule has 6 nitrogen and oxygen atoms in total. The van der Waals surface area contributed by atoms with Crippen molar-refractivity contribution in [2.24, 2.45) is 0 Å². The molecule has 2 aromatic carbocycles. The smallest absolute Gasteiger partial charge is 0.234 e. The zero-order valence-corrected chi connectivity index (χ0v) is 19.0. The van der Waals surface area contributed by atoms with Gasteiger partial charge >= 0.3 is 0 Å². The zero-order valence-electron chi connectivity index (χ0n) is 16.7. The number of thioether (sulfide) groups is 1. The van der Waals surface area contributed by atoms with Gasteiger partial charge in [-0.15, -0.1) is 10.2 Å². The predicted octanol–water partition coefficient (Wildman–Crippen LogP) is 5.79. The number of nitrogens with zero attached hydrogens (tertiary/aromatic N) is 3. The van der Waals surface area contributed by atoms with E-state index in [1.165, 1.54) is 11.8 Å². The van der Waals surface area contributed by atoms with Crippen LogP contribution in [0.15, 0.2) is 47.6 Å². The molecule has 0 aliphatic rings. The highest BCUT2D eigenvalue weighted by atomic mass is 35.5. The van der Waals surface area contributed by atoms with Crippen LogP contribution in [-0.2, 0) is 11.3 Å². The SMILES string of the molecule is CCCCn1c(SCC(=O)Nc2cc(Cl)ccc2Cl)nnc1-c1ccc(OC)cc1. The minimum Gasteiger partial charge on any atom is -0.497 e. The molecule has 1 aromatic heterocycles. The molecule has 0 aliphatic carbocycles. The summed E-state index contributed by atoms with van der Waals surface area (Å²) in [5.74, 6) is 1.53. The lowest BCUT2D eigenvalue weighted by atomic mass is 10.2. The molecule has 0 fully saturated rings. The fourth-order valence-corrected chi connectivity index (χ4v) is 3.88. The molecule has 0 saturated carbocycles. The van der Waals surface area contributed by atoms with E-state index < -0.39 is 0 Å². The molecule has 0 atom stereocenters. The summed E-state index contributed by atoms with van der Waals surface area (Å²) in [5.41, 5.74) is 1.43. The van der Waals surface area contributed by atoms with Gasteiger partial charge < -0.3 is 14.6 Å². The highest BCUT2D eigenvalue weighted by Gasteiger charge is 2.16. The van der Waals surface area contributed by atoms with Gasteiger partial charge in [-0.1, -0.05) is 48.3 Å². The third-order valence-electron chi connectivity index (χ3n) is 4.34. The Bertz CT molecular complexity index is 1010. The van der Waals surface area contributed by atoms with E-state index in [1.807, 2.05) is 24.3 Å². The van der Waals surface area contributed by atoms with Crippen LogP contribution in [0.5, 0.6) is 5.75 Å². The maximum Gasteiger partial charge on any atom is 0.234 e. The Kier molecular flexibility index (Phi) is 8.01. The van der Waals surface area contributed by atoms with Gasteiger partial charge in [0.1, 0.15) is 5.75 Å². The largest absolute Gasteiger partial charge is 0.497 e. The van der Waals surface area contributed by atoms with Crippen molar-refractivity contribution < 1.29 is 9.53 Å². The average molecular weight is 465 g/mol. The van der Waals surface area contributed by atoms with Crippen molar-refractivity contribution in [1.29, 1.82) is 0 Å². The molecule has 3 rings (SSSR count). The fraction of sp³-hybridized carbons (Fsp3) is 0.286. The van der Waals surface area contributed by atoms with E-state index in [-0.39, 0.29) is 11.7 Å². The average Bonchev–Trinajstić information content (AvgIpc) is 3.16. The maximum absolute atomic E-state index is 12.4. The quantitative estimate of drug-likeness (QED) is 0.405. The van der Waals surface area contributed by atoms with Crippen LogP contribution in [0.1, 0.15) is 19.8 Å². The maximum atomic E-state index is 12.4. The van der Waals surface area contributed by atoms with Crippen LogP contribution >= 0.6 is 35.0 Å². The number of unbranched alkanes of at least 4 members (excludes halogenated alkanes) is 1. The van der Waals surface area contributed by atoms with Crippen LogP contribution in [0.25, 0.3) is 11.4 Å². The molecule has 30 heavy (non-hydrogen) atoms. The standard InChI is InChI=1S/C21H22Cl2N4O2S/c1-3-4-11-27-20(14-5-8-16(29-2)9-6-14)25-26-21(27)30-13-19(28)24-18-12-15(22)7-10-17(18)23/h5-10,12H,3-4,11,13H2,1-2H3,(H,24,28). The van der Waals surface area contributed by atoms with E-state index in [1.54, 1.807) is 25.3 Å². The Hall–Kier alpha value is -2.22. The first kappa shape index (κ1) is 22.5. The van der Waals surface area contributed by atoms with Crippen molar-refractivity contribution >= 4 is 46.6 Å². The molecule has 3 aromatic rings. The zero-order chi connectivity index (χ0) is 21.5. The Morgan fingerprint density at radius 1 is 1.17 bits per heavy atom. The molecule has 1 N–H and O–H groups in total. The first-order chi connectivity index (χ1) is 14.5. The van der Waals surface area contributed by atoms with E-state index >= 15 is 0 Å². The molecule has 1 amide bonds. The van der Waals surface area contributed by atoms with Gasteiger partial charge in [0.25, 0.3) is 0 Å². The summed E-state index contributed by atoms with van der Waals surface area (Å²) in [7, 11) is 1.63. The van der Waals surface area contributed by atoms with Gasteiger partial charge in [0.15, 0.2) is 11.0 Å².